The summed E-state index contributed by atoms with van der Waals surface area (Å²) in [5.41, 5.74) is 3.23. The molecule has 0 aliphatic carbocycles. The molecule has 0 aliphatic heterocycles. The number of hydrogen-bond acceptors (Lipinski definition) is 2. The summed E-state index contributed by atoms with van der Waals surface area (Å²) in [5, 5.41) is 9.27. The molecule has 70 valence electrons. The number of rotatable bonds is 1. The molecule has 0 aliphatic rings. The van der Waals surface area contributed by atoms with Crippen LogP contribution in [0.5, 0.6) is 5.75 Å². The van der Waals surface area contributed by atoms with E-state index in [-0.39, 0.29) is 5.75 Å². The highest BCUT2D eigenvalue weighted by molar-refractivity contribution is 5.63. The van der Waals surface area contributed by atoms with Gasteiger partial charge in [0.05, 0.1) is 6.20 Å². The maximum Gasteiger partial charge on any atom is 0.134 e. The van der Waals surface area contributed by atoms with E-state index in [0.717, 1.165) is 11.1 Å². The molecule has 2 aromatic rings. The summed E-state index contributed by atoms with van der Waals surface area (Å²) in [6.07, 6.45) is 3.17. The number of aryl methyl sites for hydroxylation is 1. The molecule has 0 fully saturated rings. The van der Waals surface area contributed by atoms with Gasteiger partial charge in [0, 0.05) is 11.8 Å². The number of pyridine rings is 1. The van der Waals surface area contributed by atoms with Crippen molar-refractivity contribution in [2.75, 3.05) is 0 Å². The first kappa shape index (κ1) is 8.75. The van der Waals surface area contributed by atoms with Gasteiger partial charge in [0.25, 0.3) is 0 Å². The largest absolute Gasteiger partial charge is 0.506 e. The Bertz CT molecular complexity index is 434. The standard InChI is InChI=1S/C12H11NO/c1-9-2-4-10(5-3-9)11-6-12(14)8-13-7-11/h2-8,14H,1H3. The topological polar surface area (TPSA) is 33.1 Å². The molecule has 14 heavy (non-hydrogen) atoms. The van der Waals surface area contributed by atoms with Crippen molar-refractivity contribution < 1.29 is 5.11 Å². The van der Waals surface area contributed by atoms with Crippen molar-refractivity contribution in [2.24, 2.45) is 0 Å². The molecule has 0 bridgehead atoms. The lowest BCUT2D eigenvalue weighted by atomic mass is 10.1. The van der Waals surface area contributed by atoms with E-state index in [1.165, 1.54) is 11.8 Å². The zero-order chi connectivity index (χ0) is 9.97. The second-order valence-electron chi connectivity index (χ2n) is 3.30. The Labute approximate surface area is 82.9 Å². The van der Waals surface area contributed by atoms with Crippen molar-refractivity contribution in [3.05, 3.63) is 48.3 Å². The summed E-state index contributed by atoms with van der Waals surface area (Å²) in [7, 11) is 0. The highest BCUT2D eigenvalue weighted by atomic mass is 16.3. The summed E-state index contributed by atoms with van der Waals surface area (Å²) in [6, 6.07) is 9.83. The van der Waals surface area contributed by atoms with Gasteiger partial charge in [-0.15, -0.1) is 0 Å². The van der Waals surface area contributed by atoms with E-state index in [1.807, 2.05) is 31.2 Å². The molecule has 1 heterocycles. The molecule has 0 radical (unpaired) electrons. The first-order valence-electron chi connectivity index (χ1n) is 4.47. The van der Waals surface area contributed by atoms with E-state index in [9.17, 15) is 5.11 Å². The van der Waals surface area contributed by atoms with E-state index < -0.39 is 0 Å². The molecule has 0 spiro atoms. The third kappa shape index (κ3) is 1.74. The number of nitrogens with zero attached hydrogens (tertiary/aromatic N) is 1. The summed E-state index contributed by atoms with van der Waals surface area (Å²) in [4.78, 5) is 3.93. The SMILES string of the molecule is Cc1ccc(-c2cncc(O)c2)cc1. The van der Waals surface area contributed by atoms with Crippen molar-refractivity contribution in [2.45, 2.75) is 6.92 Å². The summed E-state index contributed by atoms with van der Waals surface area (Å²) >= 11 is 0. The summed E-state index contributed by atoms with van der Waals surface area (Å²) in [5.74, 6) is 0.197. The van der Waals surface area contributed by atoms with Crippen LogP contribution < -0.4 is 0 Å². The molecular weight excluding hydrogens is 174 g/mol. The highest BCUT2D eigenvalue weighted by Gasteiger charge is 1.98. The van der Waals surface area contributed by atoms with E-state index in [2.05, 4.69) is 4.98 Å². The molecule has 0 saturated heterocycles. The summed E-state index contributed by atoms with van der Waals surface area (Å²) < 4.78 is 0. The Balaban J connectivity index is 2.44. The molecule has 2 nitrogen and oxygen atoms in total. The maximum absolute atomic E-state index is 9.27. The van der Waals surface area contributed by atoms with Crippen molar-refractivity contribution >= 4 is 0 Å². The molecule has 2 rings (SSSR count). The zero-order valence-electron chi connectivity index (χ0n) is 7.94. The second-order valence-corrected chi connectivity index (χ2v) is 3.30. The van der Waals surface area contributed by atoms with Crippen molar-refractivity contribution in [3.8, 4) is 16.9 Å². The number of aromatic hydroxyl groups is 1. The Morgan fingerprint density at radius 2 is 1.71 bits per heavy atom. The van der Waals surface area contributed by atoms with Crippen molar-refractivity contribution in [1.29, 1.82) is 0 Å². The van der Waals surface area contributed by atoms with Gasteiger partial charge in [-0.25, -0.2) is 0 Å². The third-order valence-corrected chi connectivity index (χ3v) is 2.11. The summed E-state index contributed by atoms with van der Waals surface area (Å²) in [6.45, 7) is 2.05. The number of aromatic nitrogens is 1. The minimum Gasteiger partial charge on any atom is -0.506 e. The molecular formula is C12H11NO. The van der Waals surface area contributed by atoms with Crippen LogP contribution in [-0.4, -0.2) is 10.1 Å². The van der Waals surface area contributed by atoms with Crippen LogP contribution in [-0.2, 0) is 0 Å². The van der Waals surface area contributed by atoms with Crippen LogP contribution >= 0.6 is 0 Å². The predicted molar refractivity (Wildman–Crippen MR) is 56.1 cm³/mol. The van der Waals surface area contributed by atoms with Gasteiger partial charge in [0.15, 0.2) is 0 Å². The average molecular weight is 185 g/mol. The molecule has 0 unspecified atom stereocenters. The molecule has 1 aromatic heterocycles. The van der Waals surface area contributed by atoms with Crippen molar-refractivity contribution in [3.63, 3.8) is 0 Å². The lowest BCUT2D eigenvalue weighted by Crippen LogP contribution is -1.80. The van der Waals surface area contributed by atoms with Crippen LogP contribution in [0.4, 0.5) is 0 Å². The van der Waals surface area contributed by atoms with Gasteiger partial charge in [0.2, 0.25) is 0 Å². The van der Waals surface area contributed by atoms with E-state index >= 15 is 0 Å². The first-order chi connectivity index (χ1) is 6.75. The first-order valence-corrected chi connectivity index (χ1v) is 4.47. The van der Waals surface area contributed by atoms with E-state index in [0.29, 0.717) is 0 Å². The van der Waals surface area contributed by atoms with Gasteiger partial charge in [-0.2, -0.15) is 0 Å². The monoisotopic (exact) mass is 185 g/mol. The van der Waals surface area contributed by atoms with E-state index in [4.69, 9.17) is 0 Å². The van der Waals surface area contributed by atoms with Gasteiger partial charge in [-0.3, -0.25) is 4.98 Å². The van der Waals surface area contributed by atoms with Crippen LogP contribution in [0, 0.1) is 6.92 Å². The van der Waals surface area contributed by atoms with Gasteiger partial charge in [-0.1, -0.05) is 29.8 Å². The van der Waals surface area contributed by atoms with Crippen molar-refractivity contribution in [1.82, 2.24) is 4.98 Å². The molecule has 0 saturated carbocycles. The Hall–Kier alpha value is -1.83. The van der Waals surface area contributed by atoms with Gasteiger partial charge < -0.3 is 5.11 Å². The molecule has 2 heteroatoms. The molecule has 1 aromatic carbocycles. The predicted octanol–water partition coefficient (Wildman–Crippen LogP) is 2.76. The van der Waals surface area contributed by atoms with Crippen LogP contribution in [0.1, 0.15) is 5.56 Å². The fourth-order valence-corrected chi connectivity index (χ4v) is 1.33. The minimum absolute atomic E-state index is 0.197. The normalized spacial score (nSPS) is 10.1. The van der Waals surface area contributed by atoms with Crippen LogP contribution in [0.2, 0.25) is 0 Å². The van der Waals surface area contributed by atoms with E-state index in [1.54, 1.807) is 12.3 Å². The number of benzene rings is 1. The third-order valence-electron chi connectivity index (χ3n) is 2.11. The van der Waals surface area contributed by atoms with Gasteiger partial charge >= 0.3 is 0 Å². The van der Waals surface area contributed by atoms with Crippen LogP contribution in [0.25, 0.3) is 11.1 Å². The highest BCUT2D eigenvalue weighted by Crippen LogP contribution is 2.21. The lowest BCUT2D eigenvalue weighted by Gasteiger charge is -2.01. The second kappa shape index (κ2) is 3.50. The molecule has 1 N–H and O–H groups in total. The molecule has 0 atom stereocenters. The zero-order valence-corrected chi connectivity index (χ0v) is 7.94. The van der Waals surface area contributed by atoms with Gasteiger partial charge in [0.1, 0.15) is 5.75 Å². The Morgan fingerprint density at radius 3 is 2.36 bits per heavy atom. The maximum atomic E-state index is 9.27. The quantitative estimate of drug-likeness (QED) is 0.741. The Morgan fingerprint density at radius 1 is 1.00 bits per heavy atom. The number of hydrogen-bond donors (Lipinski definition) is 1. The fraction of sp³-hybridized carbons (Fsp3) is 0.0833. The smallest absolute Gasteiger partial charge is 0.134 e. The minimum atomic E-state index is 0.197. The molecule has 0 amide bonds. The Kier molecular flexibility index (Phi) is 2.19. The van der Waals surface area contributed by atoms with Gasteiger partial charge in [-0.05, 0) is 18.6 Å². The lowest BCUT2D eigenvalue weighted by molar-refractivity contribution is 0.473. The van der Waals surface area contributed by atoms with Crippen LogP contribution in [0.3, 0.4) is 0 Å². The fourth-order valence-electron chi connectivity index (χ4n) is 1.33. The van der Waals surface area contributed by atoms with Crippen LogP contribution in [0.15, 0.2) is 42.7 Å². The average Bonchev–Trinajstić information content (AvgIpc) is 2.19.